The molecule has 1 aliphatic rings. The summed E-state index contributed by atoms with van der Waals surface area (Å²) in [5, 5.41) is 3.43. The number of fused-ring (bicyclic) bond motifs is 1. The summed E-state index contributed by atoms with van der Waals surface area (Å²) in [6, 6.07) is 7.24. The van der Waals surface area contributed by atoms with Gasteiger partial charge < -0.3 is 23.9 Å². The Balaban J connectivity index is 1.57. The fraction of sp³-hybridized carbons (Fsp3) is 0.471. The summed E-state index contributed by atoms with van der Waals surface area (Å²) in [6.45, 7) is 5.10. The number of hydrogen-bond donors (Lipinski definition) is 1. The predicted molar refractivity (Wildman–Crippen MR) is 88.3 cm³/mol. The molecule has 1 amide bonds. The Bertz CT molecular complexity index is 679. The highest BCUT2D eigenvalue weighted by atomic mass is 16.5. The van der Waals surface area contributed by atoms with Gasteiger partial charge in [-0.2, -0.15) is 0 Å². The summed E-state index contributed by atoms with van der Waals surface area (Å²) in [7, 11) is 1.51. The first-order chi connectivity index (χ1) is 11.8. The fourth-order valence-corrected chi connectivity index (χ4v) is 2.57. The van der Waals surface area contributed by atoms with Crippen molar-refractivity contribution in [2.75, 3.05) is 53.3 Å². The molecule has 0 aliphatic carbocycles. The van der Waals surface area contributed by atoms with Crippen molar-refractivity contribution in [1.82, 2.24) is 10.2 Å². The number of nitrogens with zero attached hydrogens (tertiary/aromatic N) is 1. The van der Waals surface area contributed by atoms with E-state index in [0.717, 1.165) is 44.0 Å². The van der Waals surface area contributed by atoms with Gasteiger partial charge in [-0.3, -0.25) is 9.69 Å². The molecular formula is C17H22N2O5. The molecule has 1 saturated heterocycles. The van der Waals surface area contributed by atoms with Crippen LogP contribution in [0.4, 0.5) is 0 Å². The summed E-state index contributed by atoms with van der Waals surface area (Å²) < 4.78 is 21.5. The van der Waals surface area contributed by atoms with Gasteiger partial charge in [-0.05, 0) is 24.3 Å². The van der Waals surface area contributed by atoms with Crippen LogP contribution in [0.25, 0.3) is 11.0 Å². The molecular weight excluding hydrogens is 312 g/mol. The van der Waals surface area contributed by atoms with E-state index >= 15 is 0 Å². The zero-order valence-corrected chi connectivity index (χ0v) is 13.7. The normalized spacial score (nSPS) is 15.5. The van der Waals surface area contributed by atoms with Crippen LogP contribution >= 0.6 is 0 Å². The Kier molecular flexibility index (Phi) is 5.68. The summed E-state index contributed by atoms with van der Waals surface area (Å²) in [5.74, 6) is 0.718. The van der Waals surface area contributed by atoms with Gasteiger partial charge in [0.25, 0.3) is 5.91 Å². The van der Waals surface area contributed by atoms with Gasteiger partial charge in [0, 0.05) is 32.1 Å². The van der Waals surface area contributed by atoms with Crippen molar-refractivity contribution in [1.29, 1.82) is 0 Å². The van der Waals surface area contributed by atoms with E-state index < -0.39 is 0 Å². The molecule has 2 heterocycles. The van der Waals surface area contributed by atoms with Crippen molar-refractivity contribution in [2.45, 2.75) is 0 Å². The van der Waals surface area contributed by atoms with Crippen molar-refractivity contribution in [3.05, 3.63) is 30.0 Å². The highest BCUT2D eigenvalue weighted by Crippen LogP contribution is 2.24. The van der Waals surface area contributed by atoms with Gasteiger partial charge in [0.2, 0.25) is 0 Å². The maximum atomic E-state index is 11.9. The molecule has 0 spiro atoms. The Labute approximate surface area is 140 Å². The van der Waals surface area contributed by atoms with E-state index in [0.29, 0.717) is 12.2 Å². The Morgan fingerprint density at radius 3 is 2.92 bits per heavy atom. The van der Waals surface area contributed by atoms with Crippen LogP contribution in [0.3, 0.4) is 0 Å². The Hall–Kier alpha value is -2.09. The third kappa shape index (κ3) is 4.25. The molecule has 1 aromatic heterocycles. The minimum atomic E-state index is -0.303. The molecule has 130 valence electrons. The minimum absolute atomic E-state index is 0.145. The van der Waals surface area contributed by atoms with Gasteiger partial charge in [0.1, 0.15) is 24.7 Å². The second-order valence-corrected chi connectivity index (χ2v) is 5.55. The van der Waals surface area contributed by atoms with Gasteiger partial charge in [0.15, 0.2) is 5.76 Å². The maximum Gasteiger partial charge on any atom is 0.288 e. The summed E-state index contributed by atoms with van der Waals surface area (Å²) in [4.78, 5) is 14.2. The van der Waals surface area contributed by atoms with E-state index in [2.05, 4.69) is 10.2 Å². The van der Waals surface area contributed by atoms with Gasteiger partial charge >= 0.3 is 0 Å². The van der Waals surface area contributed by atoms with Crippen LogP contribution in [0.15, 0.2) is 28.7 Å². The van der Waals surface area contributed by atoms with Crippen molar-refractivity contribution < 1.29 is 23.4 Å². The Morgan fingerprint density at radius 2 is 2.12 bits per heavy atom. The average Bonchev–Trinajstić information content (AvgIpc) is 3.04. The molecule has 0 atom stereocenters. The number of nitrogens with one attached hydrogen (secondary N) is 1. The molecule has 1 aromatic carbocycles. The van der Waals surface area contributed by atoms with Gasteiger partial charge in [-0.1, -0.05) is 0 Å². The molecule has 1 N–H and O–H groups in total. The quantitative estimate of drug-likeness (QED) is 0.773. The van der Waals surface area contributed by atoms with Crippen LogP contribution < -0.4 is 10.1 Å². The van der Waals surface area contributed by atoms with Crippen LogP contribution in [-0.4, -0.2) is 64.1 Å². The highest BCUT2D eigenvalue weighted by molar-refractivity contribution is 5.96. The van der Waals surface area contributed by atoms with Crippen molar-refractivity contribution in [3.8, 4) is 5.75 Å². The monoisotopic (exact) mass is 334 g/mol. The van der Waals surface area contributed by atoms with E-state index in [1.165, 1.54) is 7.11 Å². The van der Waals surface area contributed by atoms with Crippen LogP contribution in [0.2, 0.25) is 0 Å². The third-order valence-corrected chi connectivity index (χ3v) is 3.87. The molecule has 0 bridgehead atoms. The standard InChI is InChI=1S/C17H22N2O5/c1-21-12-18-17(20)16-11-13-10-14(2-3-15(13)24-16)23-9-6-19-4-7-22-8-5-19/h2-3,10-11H,4-9,12H2,1H3,(H,18,20). The van der Waals surface area contributed by atoms with E-state index in [4.69, 9.17) is 18.6 Å². The molecule has 1 aliphatic heterocycles. The zero-order valence-electron chi connectivity index (χ0n) is 13.7. The number of benzene rings is 1. The number of methoxy groups -OCH3 is 1. The number of morpholine rings is 1. The van der Waals surface area contributed by atoms with E-state index in [9.17, 15) is 4.79 Å². The molecule has 0 saturated carbocycles. The van der Waals surface area contributed by atoms with E-state index in [-0.39, 0.29) is 18.4 Å². The number of furan rings is 1. The number of ether oxygens (including phenoxy) is 3. The number of carbonyl (C=O) groups excluding carboxylic acids is 1. The van der Waals surface area contributed by atoms with Crippen LogP contribution in [-0.2, 0) is 9.47 Å². The third-order valence-electron chi connectivity index (χ3n) is 3.87. The van der Waals surface area contributed by atoms with Gasteiger partial charge in [0.05, 0.1) is 13.2 Å². The fourth-order valence-electron chi connectivity index (χ4n) is 2.57. The van der Waals surface area contributed by atoms with Gasteiger partial charge in [-0.25, -0.2) is 0 Å². The minimum Gasteiger partial charge on any atom is -0.492 e. The SMILES string of the molecule is COCNC(=O)c1cc2cc(OCCN3CCOCC3)ccc2o1. The number of rotatable bonds is 7. The first-order valence-corrected chi connectivity index (χ1v) is 8.00. The van der Waals surface area contributed by atoms with Crippen LogP contribution in [0, 0.1) is 0 Å². The average molecular weight is 334 g/mol. The first-order valence-electron chi connectivity index (χ1n) is 8.00. The molecule has 2 aromatic rings. The van der Waals surface area contributed by atoms with Crippen molar-refractivity contribution >= 4 is 16.9 Å². The lowest BCUT2D eigenvalue weighted by Crippen LogP contribution is -2.38. The smallest absolute Gasteiger partial charge is 0.288 e. The number of carbonyl (C=O) groups is 1. The molecule has 7 nitrogen and oxygen atoms in total. The van der Waals surface area contributed by atoms with E-state index in [1.807, 2.05) is 18.2 Å². The number of amides is 1. The van der Waals surface area contributed by atoms with Gasteiger partial charge in [-0.15, -0.1) is 0 Å². The molecule has 0 radical (unpaired) electrons. The maximum absolute atomic E-state index is 11.9. The topological polar surface area (TPSA) is 73.2 Å². The molecule has 7 heteroatoms. The molecule has 1 fully saturated rings. The summed E-state index contributed by atoms with van der Waals surface area (Å²) in [6.07, 6.45) is 0. The van der Waals surface area contributed by atoms with Crippen LogP contribution in [0.1, 0.15) is 10.6 Å². The van der Waals surface area contributed by atoms with E-state index in [1.54, 1.807) is 6.07 Å². The lowest BCUT2D eigenvalue weighted by molar-refractivity contribution is 0.0322. The highest BCUT2D eigenvalue weighted by Gasteiger charge is 2.13. The lowest BCUT2D eigenvalue weighted by Gasteiger charge is -2.26. The second kappa shape index (κ2) is 8.14. The summed E-state index contributed by atoms with van der Waals surface area (Å²) >= 11 is 0. The van der Waals surface area contributed by atoms with Crippen LogP contribution in [0.5, 0.6) is 5.75 Å². The second-order valence-electron chi connectivity index (χ2n) is 5.55. The lowest BCUT2D eigenvalue weighted by atomic mass is 10.2. The van der Waals surface area contributed by atoms with Crippen molar-refractivity contribution in [2.24, 2.45) is 0 Å². The molecule has 24 heavy (non-hydrogen) atoms. The predicted octanol–water partition coefficient (Wildman–Crippen LogP) is 1.48. The molecule has 3 rings (SSSR count). The number of hydrogen-bond acceptors (Lipinski definition) is 6. The summed E-state index contributed by atoms with van der Waals surface area (Å²) in [5.41, 5.74) is 0.651. The zero-order chi connectivity index (χ0) is 16.8. The molecule has 0 unspecified atom stereocenters. The Morgan fingerprint density at radius 1 is 1.29 bits per heavy atom. The first kappa shape index (κ1) is 16.8. The van der Waals surface area contributed by atoms with Crippen molar-refractivity contribution in [3.63, 3.8) is 0 Å². The largest absolute Gasteiger partial charge is 0.492 e.